The van der Waals surface area contributed by atoms with Gasteiger partial charge in [0, 0.05) is 11.3 Å². The first-order valence-corrected chi connectivity index (χ1v) is 7.65. The van der Waals surface area contributed by atoms with Gasteiger partial charge in [-0.2, -0.15) is 5.26 Å². The maximum Gasteiger partial charge on any atom is 0.205 e. The SMILES string of the molecule is C=CCSc1sc(C(=O)c2ccccc2)c(N)c1C#N. The molecule has 100 valence electrons. The second-order valence-corrected chi connectivity index (χ2v) is 6.22. The van der Waals surface area contributed by atoms with Gasteiger partial charge >= 0.3 is 0 Å². The van der Waals surface area contributed by atoms with Gasteiger partial charge in [0.25, 0.3) is 0 Å². The highest BCUT2D eigenvalue weighted by atomic mass is 32.2. The second kappa shape index (κ2) is 6.42. The lowest BCUT2D eigenvalue weighted by Gasteiger charge is -1.98. The quantitative estimate of drug-likeness (QED) is 0.519. The van der Waals surface area contributed by atoms with E-state index in [9.17, 15) is 10.1 Å². The van der Waals surface area contributed by atoms with E-state index in [1.165, 1.54) is 23.1 Å². The molecule has 0 radical (unpaired) electrons. The van der Waals surface area contributed by atoms with Crippen LogP contribution in [-0.2, 0) is 0 Å². The van der Waals surface area contributed by atoms with Crippen LogP contribution in [0.3, 0.4) is 0 Å². The molecule has 20 heavy (non-hydrogen) atoms. The van der Waals surface area contributed by atoms with Crippen LogP contribution in [0.4, 0.5) is 5.69 Å². The van der Waals surface area contributed by atoms with Crippen LogP contribution in [0, 0.1) is 11.3 Å². The molecule has 0 saturated heterocycles. The molecule has 0 bridgehead atoms. The third kappa shape index (κ3) is 2.77. The van der Waals surface area contributed by atoms with Crippen LogP contribution < -0.4 is 5.73 Å². The Morgan fingerprint density at radius 1 is 1.45 bits per heavy atom. The van der Waals surface area contributed by atoms with Gasteiger partial charge in [-0.3, -0.25) is 4.79 Å². The Bertz CT molecular complexity index is 684. The van der Waals surface area contributed by atoms with Crippen molar-refractivity contribution < 1.29 is 4.79 Å². The number of ketones is 1. The van der Waals surface area contributed by atoms with E-state index < -0.39 is 0 Å². The largest absolute Gasteiger partial charge is 0.396 e. The first-order chi connectivity index (χ1) is 9.69. The highest BCUT2D eigenvalue weighted by molar-refractivity contribution is 8.01. The number of rotatable bonds is 5. The molecule has 0 amide bonds. The van der Waals surface area contributed by atoms with Crippen LogP contribution in [0.1, 0.15) is 20.8 Å². The molecule has 0 aliphatic rings. The van der Waals surface area contributed by atoms with Crippen molar-refractivity contribution in [3.63, 3.8) is 0 Å². The minimum atomic E-state index is -0.143. The third-order valence-electron chi connectivity index (χ3n) is 2.60. The van der Waals surface area contributed by atoms with Crippen molar-refractivity contribution in [2.75, 3.05) is 11.5 Å². The van der Waals surface area contributed by atoms with E-state index in [0.717, 1.165) is 4.21 Å². The average Bonchev–Trinajstić information content (AvgIpc) is 2.81. The van der Waals surface area contributed by atoms with Gasteiger partial charge < -0.3 is 5.73 Å². The van der Waals surface area contributed by atoms with E-state index in [0.29, 0.717) is 21.8 Å². The highest BCUT2D eigenvalue weighted by Gasteiger charge is 2.21. The van der Waals surface area contributed by atoms with Crippen molar-refractivity contribution in [2.45, 2.75) is 4.21 Å². The maximum atomic E-state index is 12.4. The molecule has 0 atom stereocenters. The van der Waals surface area contributed by atoms with Crippen molar-refractivity contribution in [3.05, 3.63) is 59.0 Å². The van der Waals surface area contributed by atoms with Crippen LogP contribution >= 0.6 is 23.1 Å². The molecule has 1 aromatic heterocycles. The summed E-state index contributed by atoms with van der Waals surface area (Å²) in [5.41, 5.74) is 7.19. The van der Waals surface area contributed by atoms with Crippen molar-refractivity contribution >= 4 is 34.6 Å². The molecule has 0 saturated carbocycles. The molecular weight excluding hydrogens is 288 g/mol. The number of hydrogen-bond donors (Lipinski definition) is 1. The van der Waals surface area contributed by atoms with Crippen LogP contribution in [-0.4, -0.2) is 11.5 Å². The third-order valence-corrected chi connectivity index (χ3v) is 5.07. The Kier molecular flexibility index (Phi) is 4.61. The molecule has 2 rings (SSSR count). The summed E-state index contributed by atoms with van der Waals surface area (Å²) in [4.78, 5) is 12.8. The van der Waals surface area contributed by atoms with Gasteiger partial charge in [0.15, 0.2) is 0 Å². The van der Waals surface area contributed by atoms with E-state index in [1.807, 2.05) is 6.07 Å². The molecule has 0 fully saturated rings. The van der Waals surface area contributed by atoms with Crippen molar-refractivity contribution in [1.29, 1.82) is 5.26 Å². The molecular formula is C15H12N2OS2. The minimum Gasteiger partial charge on any atom is -0.396 e. The molecule has 0 aliphatic heterocycles. The first-order valence-electron chi connectivity index (χ1n) is 5.84. The van der Waals surface area contributed by atoms with E-state index >= 15 is 0 Å². The van der Waals surface area contributed by atoms with Crippen LogP contribution in [0.25, 0.3) is 0 Å². The second-order valence-electron chi connectivity index (χ2n) is 3.91. The molecule has 0 aliphatic carbocycles. The molecule has 2 aromatic rings. The zero-order valence-corrected chi connectivity index (χ0v) is 12.3. The fraction of sp³-hybridized carbons (Fsp3) is 0.0667. The van der Waals surface area contributed by atoms with Crippen molar-refractivity contribution in [3.8, 4) is 6.07 Å². The number of anilines is 1. The lowest BCUT2D eigenvalue weighted by Crippen LogP contribution is -2.02. The Morgan fingerprint density at radius 3 is 2.75 bits per heavy atom. The zero-order valence-electron chi connectivity index (χ0n) is 10.6. The number of nitrogens with zero attached hydrogens (tertiary/aromatic N) is 1. The minimum absolute atomic E-state index is 0.143. The van der Waals surface area contributed by atoms with Gasteiger partial charge in [0.05, 0.1) is 9.90 Å². The number of nitriles is 1. The zero-order chi connectivity index (χ0) is 14.5. The highest BCUT2D eigenvalue weighted by Crippen LogP contribution is 2.38. The Balaban J connectivity index is 2.43. The molecule has 3 nitrogen and oxygen atoms in total. The van der Waals surface area contributed by atoms with Gasteiger partial charge in [-0.1, -0.05) is 36.4 Å². The van der Waals surface area contributed by atoms with Gasteiger partial charge in [-0.05, 0) is 0 Å². The fourth-order valence-electron chi connectivity index (χ4n) is 1.65. The lowest BCUT2D eigenvalue weighted by atomic mass is 10.1. The molecule has 1 aromatic carbocycles. The number of carbonyl (C=O) groups excluding carboxylic acids is 1. The van der Waals surface area contributed by atoms with Gasteiger partial charge in [-0.15, -0.1) is 29.7 Å². The predicted octanol–water partition coefficient (Wildman–Crippen LogP) is 3.71. The number of nitrogen functional groups attached to an aromatic ring is 1. The molecule has 1 heterocycles. The topological polar surface area (TPSA) is 66.9 Å². The monoisotopic (exact) mass is 300 g/mol. The number of thiophene rings is 1. The molecule has 5 heteroatoms. The average molecular weight is 300 g/mol. The molecule has 2 N–H and O–H groups in total. The smallest absolute Gasteiger partial charge is 0.205 e. The lowest BCUT2D eigenvalue weighted by molar-refractivity contribution is 0.104. The Labute approximate surface area is 125 Å². The molecule has 0 unspecified atom stereocenters. The predicted molar refractivity (Wildman–Crippen MR) is 84.2 cm³/mol. The van der Waals surface area contributed by atoms with E-state index in [-0.39, 0.29) is 11.5 Å². The standard InChI is InChI=1S/C15H12N2OS2/c1-2-8-19-15-11(9-16)12(17)14(20-15)13(18)10-6-4-3-5-7-10/h2-7H,1,8,17H2. The number of carbonyl (C=O) groups is 1. The fourth-order valence-corrected chi connectivity index (χ4v) is 3.78. The normalized spacial score (nSPS) is 9.95. The van der Waals surface area contributed by atoms with Gasteiger partial charge in [-0.25, -0.2) is 0 Å². The number of nitrogens with two attached hydrogens (primary N) is 1. The van der Waals surface area contributed by atoms with Crippen LogP contribution in [0.5, 0.6) is 0 Å². The van der Waals surface area contributed by atoms with E-state index in [1.54, 1.807) is 30.3 Å². The van der Waals surface area contributed by atoms with Crippen LogP contribution in [0.2, 0.25) is 0 Å². The number of hydrogen-bond acceptors (Lipinski definition) is 5. The first kappa shape index (κ1) is 14.4. The summed E-state index contributed by atoms with van der Waals surface area (Å²) in [6.45, 7) is 3.65. The van der Waals surface area contributed by atoms with E-state index in [4.69, 9.17) is 5.73 Å². The van der Waals surface area contributed by atoms with Gasteiger partial charge in [0.2, 0.25) is 5.78 Å². The summed E-state index contributed by atoms with van der Waals surface area (Å²) in [6.07, 6.45) is 1.75. The summed E-state index contributed by atoms with van der Waals surface area (Å²) in [5.74, 6) is 0.531. The summed E-state index contributed by atoms with van der Waals surface area (Å²) in [5, 5.41) is 9.19. The van der Waals surface area contributed by atoms with Crippen LogP contribution in [0.15, 0.2) is 47.2 Å². The number of thioether (sulfide) groups is 1. The summed E-state index contributed by atoms with van der Waals surface area (Å²) >= 11 is 2.74. The molecule has 0 spiro atoms. The van der Waals surface area contributed by atoms with E-state index in [2.05, 4.69) is 12.6 Å². The van der Waals surface area contributed by atoms with Crippen molar-refractivity contribution in [1.82, 2.24) is 0 Å². The summed E-state index contributed by atoms with van der Waals surface area (Å²) < 4.78 is 0.768. The summed E-state index contributed by atoms with van der Waals surface area (Å²) in [7, 11) is 0. The Morgan fingerprint density at radius 2 is 2.15 bits per heavy atom. The maximum absolute atomic E-state index is 12.4. The number of benzene rings is 1. The van der Waals surface area contributed by atoms with Crippen molar-refractivity contribution in [2.24, 2.45) is 0 Å². The Hall–Kier alpha value is -2.03. The van der Waals surface area contributed by atoms with Gasteiger partial charge in [0.1, 0.15) is 16.5 Å². The summed E-state index contributed by atoms with van der Waals surface area (Å²) in [6, 6.07) is 11.0.